The van der Waals surface area contributed by atoms with E-state index in [1.165, 1.54) is 18.4 Å². The molecular formula is C12H12N4O2S. The zero-order valence-corrected chi connectivity index (χ0v) is 11.2. The number of ether oxygens (including phenoxy) is 1. The number of hydrogen-bond donors (Lipinski definition) is 1. The van der Waals surface area contributed by atoms with Crippen LogP contribution in [0.25, 0.3) is 11.5 Å². The molecule has 0 unspecified atom stereocenters. The Labute approximate surface area is 113 Å². The first-order chi connectivity index (χ1) is 9.29. The normalized spacial score (nSPS) is 13.9. The third-order valence-electron chi connectivity index (χ3n) is 2.98. The lowest BCUT2D eigenvalue weighted by Gasteiger charge is -2.18. The Balaban J connectivity index is 2.16. The molecule has 3 heterocycles. The number of nitrogens with one attached hydrogen (secondary N) is 1. The van der Waals surface area contributed by atoms with Crippen LogP contribution >= 0.6 is 11.3 Å². The van der Waals surface area contributed by atoms with Crippen molar-refractivity contribution in [2.24, 2.45) is 0 Å². The molecule has 0 spiro atoms. The van der Waals surface area contributed by atoms with Gasteiger partial charge in [-0.05, 0) is 13.0 Å². The summed E-state index contributed by atoms with van der Waals surface area (Å²) in [6, 6.07) is 0. The summed E-state index contributed by atoms with van der Waals surface area (Å²) in [4.78, 5) is 24.9. The zero-order valence-electron chi connectivity index (χ0n) is 10.3. The Bertz CT molecular complexity index is 612. The SMILES string of the molecule is COC(=O)c1nc(-c2cscn2)nc2c1CCNC2. The first-order valence-corrected chi connectivity index (χ1v) is 6.81. The van der Waals surface area contributed by atoms with Crippen LogP contribution in [0.4, 0.5) is 0 Å². The van der Waals surface area contributed by atoms with Gasteiger partial charge in [0.05, 0.1) is 18.3 Å². The van der Waals surface area contributed by atoms with Crippen molar-refractivity contribution in [1.82, 2.24) is 20.3 Å². The maximum Gasteiger partial charge on any atom is 0.357 e. The summed E-state index contributed by atoms with van der Waals surface area (Å²) in [5.74, 6) is 0.0566. The van der Waals surface area contributed by atoms with E-state index in [9.17, 15) is 4.79 Å². The lowest BCUT2D eigenvalue weighted by atomic mass is 10.0. The van der Waals surface area contributed by atoms with Gasteiger partial charge in [0.15, 0.2) is 11.5 Å². The van der Waals surface area contributed by atoms with Crippen LogP contribution in [-0.2, 0) is 17.7 Å². The summed E-state index contributed by atoms with van der Waals surface area (Å²) in [5.41, 5.74) is 4.49. The number of carbonyl (C=O) groups is 1. The molecule has 3 rings (SSSR count). The standard InChI is InChI=1S/C12H12N4O2S/c1-18-12(17)10-7-2-3-13-4-8(7)15-11(16-10)9-5-19-6-14-9/h5-6,13H,2-4H2,1H3. The quantitative estimate of drug-likeness (QED) is 0.826. The Hall–Kier alpha value is -1.86. The smallest absolute Gasteiger partial charge is 0.357 e. The molecule has 0 saturated heterocycles. The summed E-state index contributed by atoms with van der Waals surface area (Å²) in [6.45, 7) is 1.45. The highest BCUT2D eigenvalue weighted by atomic mass is 32.1. The van der Waals surface area contributed by atoms with Crippen molar-refractivity contribution < 1.29 is 9.53 Å². The molecule has 0 amide bonds. The topological polar surface area (TPSA) is 77.0 Å². The van der Waals surface area contributed by atoms with E-state index < -0.39 is 5.97 Å². The van der Waals surface area contributed by atoms with Crippen molar-refractivity contribution in [2.45, 2.75) is 13.0 Å². The molecule has 98 valence electrons. The van der Waals surface area contributed by atoms with E-state index in [1.807, 2.05) is 5.38 Å². The Morgan fingerprint density at radius 3 is 3.11 bits per heavy atom. The number of fused-ring (bicyclic) bond motifs is 1. The van der Waals surface area contributed by atoms with Crippen LogP contribution in [0, 0.1) is 0 Å². The van der Waals surface area contributed by atoms with Crippen molar-refractivity contribution in [3.8, 4) is 11.5 Å². The summed E-state index contributed by atoms with van der Waals surface area (Å²) in [5, 5.41) is 5.10. The molecule has 0 aliphatic carbocycles. The van der Waals surface area contributed by atoms with E-state index in [0.29, 0.717) is 23.8 Å². The predicted molar refractivity (Wildman–Crippen MR) is 69.9 cm³/mol. The minimum atomic E-state index is -0.419. The van der Waals surface area contributed by atoms with Gasteiger partial charge >= 0.3 is 5.97 Å². The first-order valence-electron chi connectivity index (χ1n) is 5.87. The van der Waals surface area contributed by atoms with E-state index >= 15 is 0 Å². The minimum Gasteiger partial charge on any atom is -0.464 e. The molecule has 2 aromatic rings. The highest BCUT2D eigenvalue weighted by Crippen LogP contribution is 2.22. The largest absolute Gasteiger partial charge is 0.464 e. The number of nitrogens with zero attached hydrogens (tertiary/aromatic N) is 3. The van der Waals surface area contributed by atoms with Crippen LogP contribution in [0.3, 0.4) is 0 Å². The molecule has 0 atom stereocenters. The second kappa shape index (κ2) is 5.02. The van der Waals surface area contributed by atoms with Crippen molar-refractivity contribution in [3.05, 3.63) is 27.8 Å². The summed E-state index contributed by atoms with van der Waals surface area (Å²) < 4.78 is 4.81. The molecule has 1 N–H and O–H groups in total. The van der Waals surface area contributed by atoms with Crippen molar-refractivity contribution in [2.75, 3.05) is 13.7 Å². The highest BCUT2D eigenvalue weighted by Gasteiger charge is 2.23. The van der Waals surface area contributed by atoms with Gasteiger partial charge in [0, 0.05) is 17.5 Å². The summed E-state index contributed by atoms with van der Waals surface area (Å²) in [6.07, 6.45) is 0.733. The molecule has 2 aromatic heterocycles. The fraction of sp³-hybridized carbons (Fsp3) is 0.333. The van der Waals surface area contributed by atoms with Crippen molar-refractivity contribution in [3.63, 3.8) is 0 Å². The predicted octanol–water partition coefficient (Wildman–Crippen LogP) is 1.03. The Kier molecular flexibility index (Phi) is 3.22. The van der Waals surface area contributed by atoms with Gasteiger partial charge in [-0.2, -0.15) is 0 Å². The van der Waals surface area contributed by atoms with Crippen molar-refractivity contribution in [1.29, 1.82) is 0 Å². The van der Waals surface area contributed by atoms with Crippen LogP contribution in [0.2, 0.25) is 0 Å². The number of rotatable bonds is 2. The van der Waals surface area contributed by atoms with Gasteiger partial charge in [0.2, 0.25) is 0 Å². The number of thiazole rings is 1. The second-order valence-electron chi connectivity index (χ2n) is 4.11. The third kappa shape index (κ3) is 2.22. The number of hydrogen-bond acceptors (Lipinski definition) is 7. The Morgan fingerprint density at radius 2 is 2.37 bits per heavy atom. The number of aromatic nitrogens is 3. The van der Waals surface area contributed by atoms with E-state index in [2.05, 4.69) is 20.3 Å². The fourth-order valence-corrected chi connectivity index (χ4v) is 2.59. The molecule has 0 saturated carbocycles. The van der Waals surface area contributed by atoms with Gasteiger partial charge in [-0.1, -0.05) is 0 Å². The molecule has 6 nitrogen and oxygen atoms in total. The Morgan fingerprint density at radius 1 is 1.47 bits per heavy atom. The molecule has 0 bridgehead atoms. The molecule has 0 aromatic carbocycles. The lowest BCUT2D eigenvalue weighted by molar-refractivity contribution is 0.0592. The maximum absolute atomic E-state index is 11.9. The first kappa shape index (κ1) is 12.2. The minimum absolute atomic E-state index is 0.358. The average Bonchev–Trinajstić information content (AvgIpc) is 2.99. The molecular weight excluding hydrogens is 264 g/mol. The molecule has 1 aliphatic heterocycles. The van der Waals surface area contributed by atoms with Crippen LogP contribution < -0.4 is 5.32 Å². The number of methoxy groups -OCH3 is 1. The van der Waals surface area contributed by atoms with Crippen LogP contribution in [0.15, 0.2) is 10.9 Å². The van der Waals surface area contributed by atoms with Gasteiger partial charge in [-0.15, -0.1) is 11.3 Å². The van der Waals surface area contributed by atoms with Gasteiger partial charge in [-0.3, -0.25) is 0 Å². The third-order valence-corrected chi connectivity index (χ3v) is 3.56. The molecule has 1 aliphatic rings. The second-order valence-corrected chi connectivity index (χ2v) is 4.83. The van der Waals surface area contributed by atoms with Gasteiger partial charge in [-0.25, -0.2) is 19.7 Å². The van der Waals surface area contributed by atoms with E-state index in [4.69, 9.17) is 4.74 Å². The molecule has 19 heavy (non-hydrogen) atoms. The van der Waals surface area contributed by atoms with E-state index in [1.54, 1.807) is 5.51 Å². The van der Waals surface area contributed by atoms with Crippen LogP contribution in [0.1, 0.15) is 21.7 Å². The molecule has 7 heteroatoms. The lowest BCUT2D eigenvalue weighted by Crippen LogP contribution is -2.28. The fourth-order valence-electron chi connectivity index (χ4n) is 2.06. The number of esters is 1. The monoisotopic (exact) mass is 276 g/mol. The maximum atomic E-state index is 11.9. The zero-order chi connectivity index (χ0) is 13.2. The van der Waals surface area contributed by atoms with Gasteiger partial charge in [0.1, 0.15) is 5.69 Å². The van der Waals surface area contributed by atoms with E-state index in [0.717, 1.165) is 24.2 Å². The summed E-state index contributed by atoms with van der Waals surface area (Å²) >= 11 is 1.47. The van der Waals surface area contributed by atoms with Crippen LogP contribution in [-0.4, -0.2) is 34.6 Å². The van der Waals surface area contributed by atoms with Gasteiger partial charge in [0.25, 0.3) is 0 Å². The highest BCUT2D eigenvalue weighted by molar-refractivity contribution is 7.07. The molecule has 0 radical (unpaired) electrons. The van der Waals surface area contributed by atoms with Crippen molar-refractivity contribution >= 4 is 17.3 Å². The van der Waals surface area contributed by atoms with E-state index in [-0.39, 0.29) is 0 Å². The summed E-state index contributed by atoms with van der Waals surface area (Å²) in [7, 11) is 1.36. The average molecular weight is 276 g/mol. The van der Waals surface area contributed by atoms with Crippen LogP contribution in [0.5, 0.6) is 0 Å². The van der Waals surface area contributed by atoms with Gasteiger partial charge < -0.3 is 10.1 Å². The number of carbonyl (C=O) groups excluding carboxylic acids is 1. The molecule has 0 fully saturated rings.